The number of amides is 1. The van der Waals surface area contributed by atoms with Gasteiger partial charge >= 0.3 is 5.97 Å². The lowest BCUT2D eigenvalue weighted by molar-refractivity contribution is -0.137. The first-order chi connectivity index (χ1) is 9.94. The van der Waals surface area contributed by atoms with Gasteiger partial charge in [-0.05, 0) is 25.5 Å². The number of carboxylic acids is 1. The number of carbonyl (C=O) groups excluding carboxylic acids is 1. The molecule has 0 fully saturated rings. The highest BCUT2D eigenvalue weighted by Gasteiger charge is 2.20. The van der Waals surface area contributed by atoms with Crippen molar-refractivity contribution in [3.8, 4) is 11.5 Å². The lowest BCUT2D eigenvalue weighted by Crippen LogP contribution is -2.36. The minimum absolute atomic E-state index is 0.328. The van der Waals surface area contributed by atoms with Crippen LogP contribution in [0.2, 0.25) is 0 Å². The van der Waals surface area contributed by atoms with Gasteiger partial charge in [-0.25, -0.2) is 0 Å². The van der Waals surface area contributed by atoms with Crippen molar-refractivity contribution in [2.45, 2.75) is 20.3 Å². The van der Waals surface area contributed by atoms with Gasteiger partial charge in [-0.1, -0.05) is 6.92 Å². The molecule has 0 saturated heterocycles. The lowest BCUT2D eigenvalue weighted by Gasteiger charge is -2.21. The zero-order valence-corrected chi connectivity index (χ0v) is 12.8. The first-order valence-corrected chi connectivity index (χ1v) is 6.68. The maximum absolute atomic E-state index is 12.5. The SMILES string of the molecule is CCCN(CC(=O)O)C(=O)c1cc(OC)c(C)c(OC)c1. The van der Waals surface area contributed by atoms with E-state index in [1.165, 1.54) is 19.1 Å². The first kappa shape index (κ1) is 16.8. The van der Waals surface area contributed by atoms with Crippen molar-refractivity contribution in [1.29, 1.82) is 0 Å². The van der Waals surface area contributed by atoms with Crippen molar-refractivity contribution in [3.05, 3.63) is 23.3 Å². The lowest BCUT2D eigenvalue weighted by atomic mass is 10.1. The second-order valence-electron chi connectivity index (χ2n) is 4.63. The number of carboxylic acid groups (broad SMARTS) is 1. The van der Waals surface area contributed by atoms with Crippen molar-refractivity contribution in [1.82, 2.24) is 4.90 Å². The van der Waals surface area contributed by atoms with Crippen LogP contribution in [-0.4, -0.2) is 49.2 Å². The predicted octanol–water partition coefficient (Wildman–Crippen LogP) is 1.95. The van der Waals surface area contributed by atoms with Gasteiger partial charge in [-0.2, -0.15) is 0 Å². The fourth-order valence-electron chi connectivity index (χ4n) is 2.08. The summed E-state index contributed by atoms with van der Waals surface area (Å²) in [4.78, 5) is 24.6. The van der Waals surface area contributed by atoms with Crippen LogP contribution in [0.4, 0.5) is 0 Å². The van der Waals surface area contributed by atoms with Crippen LogP contribution >= 0.6 is 0 Å². The van der Waals surface area contributed by atoms with Gasteiger partial charge in [0, 0.05) is 17.7 Å². The van der Waals surface area contributed by atoms with Gasteiger partial charge in [0.25, 0.3) is 5.91 Å². The number of benzene rings is 1. The second kappa shape index (κ2) is 7.52. The molecule has 6 heteroatoms. The summed E-state index contributed by atoms with van der Waals surface area (Å²) < 4.78 is 10.5. The van der Waals surface area contributed by atoms with Gasteiger partial charge in [0.15, 0.2) is 0 Å². The number of aliphatic carboxylic acids is 1. The molecule has 0 aliphatic carbocycles. The largest absolute Gasteiger partial charge is 0.496 e. The number of nitrogens with zero attached hydrogens (tertiary/aromatic N) is 1. The van der Waals surface area contributed by atoms with Crippen LogP contribution in [0.3, 0.4) is 0 Å². The van der Waals surface area contributed by atoms with Crippen LogP contribution in [0.1, 0.15) is 29.3 Å². The Balaban J connectivity index is 3.17. The molecule has 0 atom stereocenters. The number of ether oxygens (including phenoxy) is 2. The Morgan fingerprint density at radius 1 is 1.19 bits per heavy atom. The molecule has 0 bridgehead atoms. The third-order valence-corrected chi connectivity index (χ3v) is 3.11. The molecule has 0 aliphatic heterocycles. The highest BCUT2D eigenvalue weighted by Crippen LogP contribution is 2.30. The minimum Gasteiger partial charge on any atom is -0.496 e. The summed E-state index contributed by atoms with van der Waals surface area (Å²) in [7, 11) is 3.02. The highest BCUT2D eigenvalue weighted by atomic mass is 16.5. The van der Waals surface area contributed by atoms with Crippen LogP contribution in [0.15, 0.2) is 12.1 Å². The Labute approximate surface area is 124 Å². The molecule has 1 aromatic rings. The molecule has 1 aromatic carbocycles. The van der Waals surface area contributed by atoms with Gasteiger partial charge in [-0.15, -0.1) is 0 Å². The van der Waals surface area contributed by atoms with E-state index in [-0.39, 0.29) is 12.5 Å². The van der Waals surface area contributed by atoms with E-state index < -0.39 is 5.97 Å². The number of hydrogen-bond acceptors (Lipinski definition) is 4. The fourth-order valence-corrected chi connectivity index (χ4v) is 2.08. The zero-order chi connectivity index (χ0) is 16.0. The molecule has 0 saturated carbocycles. The standard InChI is InChI=1S/C15H21NO5/c1-5-6-16(9-14(17)18)15(19)11-7-12(20-3)10(2)13(8-11)21-4/h7-8H,5-6,9H2,1-4H3,(H,17,18). The van der Waals surface area contributed by atoms with Gasteiger partial charge in [-0.3, -0.25) is 9.59 Å². The third kappa shape index (κ3) is 4.11. The van der Waals surface area contributed by atoms with Gasteiger partial charge < -0.3 is 19.5 Å². The van der Waals surface area contributed by atoms with Crippen molar-refractivity contribution in [3.63, 3.8) is 0 Å². The van der Waals surface area contributed by atoms with Crippen LogP contribution in [0.5, 0.6) is 11.5 Å². The molecular formula is C15H21NO5. The normalized spacial score (nSPS) is 10.1. The smallest absolute Gasteiger partial charge is 0.323 e. The fraction of sp³-hybridized carbons (Fsp3) is 0.467. The monoisotopic (exact) mass is 295 g/mol. The van der Waals surface area contributed by atoms with Crippen molar-refractivity contribution in [2.24, 2.45) is 0 Å². The Morgan fingerprint density at radius 3 is 2.10 bits per heavy atom. The predicted molar refractivity (Wildman–Crippen MR) is 78.1 cm³/mol. The molecule has 21 heavy (non-hydrogen) atoms. The maximum Gasteiger partial charge on any atom is 0.323 e. The average molecular weight is 295 g/mol. The van der Waals surface area contributed by atoms with E-state index in [0.29, 0.717) is 30.0 Å². The zero-order valence-electron chi connectivity index (χ0n) is 12.8. The molecule has 1 amide bonds. The Bertz CT molecular complexity index is 502. The highest BCUT2D eigenvalue weighted by molar-refractivity contribution is 5.96. The molecule has 1 rings (SSSR count). The number of hydrogen-bond donors (Lipinski definition) is 1. The topological polar surface area (TPSA) is 76.1 Å². The van der Waals surface area contributed by atoms with Crippen LogP contribution < -0.4 is 9.47 Å². The van der Waals surface area contributed by atoms with Gasteiger partial charge in [0.1, 0.15) is 18.0 Å². The number of rotatable bonds is 7. The number of methoxy groups -OCH3 is 2. The molecule has 0 radical (unpaired) electrons. The number of carbonyl (C=O) groups is 2. The molecule has 1 N–H and O–H groups in total. The Hall–Kier alpha value is -2.24. The van der Waals surface area contributed by atoms with Crippen molar-refractivity contribution < 1.29 is 24.2 Å². The molecule has 0 spiro atoms. The van der Waals surface area contributed by atoms with Crippen molar-refractivity contribution in [2.75, 3.05) is 27.3 Å². The molecule has 0 aliphatic rings. The van der Waals surface area contributed by atoms with Crippen LogP contribution in [0, 0.1) is 6.92 Å². The summed E-state index contributed by atoms with van der Waals surface area (Å²) in [6.07, 6.45) is 0.680. The summed E-state index contributed by atoms with van der Waals surface area (Å²) in [6, 6.07) is 3.20. The maximum atomic E-state index is 12.5. The minimum atomic E-state index is -1.04. The summed E-state index contributed by atoms with van der Waals surface area (Å²) in [6.45, 7) is 3.76. The first-order valence-electron chi connectivity index (χ1n) is 6.68. The average Bonchev–Trinajstić information content (AvgIpc) is 2.46. The van der Waals surface area contributed by atoms with E-state index in [2.05, 4.69) is 0 Å². The Kier molecular flexibility index (Phi) is 6.02. The Morgan fingerprint density at radius 2 is 1.71 bits per heavy atom. The van der Waals surface area contributed by atoms with Gasteiger partial charge in [0.2, 0.25) is 0 Å². The summed E-state index contributed by atoms with van der Waals surface area (Å²) >= 11 is 0. The van der Waals surface area contributed by atoms with Crippen molar-refractivity contribution >= 4 is 11.9 Å². The molecule has 0 heterocycles. The van der Waals surface area contributed by atoms with E-state index in [0.717, 1.165) is 5.56 Å². The molecule has 116 valence electrons. The van der Waals surface area contributed by atoms with Crippen LogP contribution in [0.25, 0.3) is 0 Å². The van der Waals surface area contributed by atoms with E-state index in [1.807, 2.05) is 13.8 Å². The van der Waals surface area contributed by atoms with Gasteiger partial charge in [0.05, 0.1) is 14.2 Å². The summed E-state index contributed by atoms with van der Waals surface area (Å²) in [5, 5.41) is 8.91. The molecular weight excluding hydrogens is 274 g/mol. The molecule has 6 nitrogen and oxygen atoms in total. The molecule has 0 unspecified atom stereocenters. The van der Waals surface area contributed by atoms with E-state index >= 15 is 0 Å². The van der Waals surface area contributed by atoms with E-state index in [1.54, 1.807) is 12.1 Å². The third-order valence-electron chi connectivity index (χ3n) is 3.11. The quantitative estimate of drug-likeness (QED) is 0.832. The second-order valence-corrected chi connectivity index (χ2v) is 4.63. The van der Waals surface area contributed by atoms with E-state index in [4.69, 9.17) is 14.6 Å². The summed E-state index contributed by atoms with van der Waals surface area (Å²) in [5.74, 6) is -0.326. The van der Waals surface area contributed by atoms with E-state index in [9.17, 15) is 9.59 Å². The van der Waals surface area contributed by atoms with Crippen LogP contribution in [-0.2, 0) is 4.79 Å². The molecule has 0 aromatic heterocycles. The summed E-state index contributed by atoms with van der Waals surface area (Å²) in [5.41, 5.74) is 1.14.